The van der Waals surface area contributed by atoms with Gasteiger partial charge in [0.2, 0.25) is 0 Å². The van der Waals surface area contributed by atoms with E-state index < -0.39 is 0 Å². The number of hydrogen-bond acceptors (Lipinski definition) is 4. The largest absolute Gasteiger partial charge is 0.369 e. The summed E-state index contributed by atoms with van der Waals surface area (Å²) in [6.45, 7) is 2.99. The Morgan fingerprint density at radius 3 is 2.95 bits per heavy atom. The van der Waals surface area contributed by atoms with Gasteiger partial charge in [0, 0.05) is 13.0 Å². The Balaban J connectivity index is 1.94. The predicted octanol–water partition coefficient (Wildman–Crippen LogP) is 4.24. The van der Waals surface area contributed by atoms with Crippen molar-refractivity contribution < 1.29 is 4.39 Å². The van der Waals surface area contributed by atoms with Crippen molar-refractivity contribution in [2.45, 2.75) is 19.8 Å². The molecule has 0 aliphatic heterocycles. The maximum Gasteiger partial charge on any atom is 0.138 e. The van der Waals surface area contributed by atoms with Gasteiger partial charge in [-0.2, -0.15) is 0 Å². The Morgan fingerprint density at radius 1 is 1.24 bits per heavy atom. The van der Waals surface area contributed by atoms with E-state index in [0.29, 0.717) is 12.2 Å². The first-order valence-electron chi connectivity index (χ1n) is 6.98. The SMILES string of the molecule is CCCNc1nc(Cc2cccc(F)c2)nc2sccc12. The van der Waals surface area contributed by atoms with E-state index in [0.717, 1.165) is 34.6 Å². The number of nitrogens with one attached hydrogen (secondary N) is 1. The third-order valence-corrected chi connectivity index (χ3v) is 3.97. The van der Waals surface area contributed by atoms with Crippen molar-refractivity contribution in [1.29, 1.82) is 0 Å². The first kappa shape index (κ1) is 13.9. The molecule has 108 valence electrons. The number of anilines is 1. The smallest absolute Gasteiger partial charge is 0.138 e. The molecule has 1 N–H and O–H groups in total. The molecule has 0 saturated carbocycles. The zero-order chi connectivity index (χ0) is 14.7. The average molecular weight is 301 g/mol. The summed E-state index contributed by atoms with van der Waals surface area (Å²) in [5, 5.41) is 6.41. The van der Waals surface area contributed by atoms with Crippen LogP contribution in [0.5, 0.6) is 0 Å². The fraction of sp³-hybridized carbons (Fsp3) is 0.250. The Labute approximate surface area is 126 Å². The quantitative estimate of drug-likeness (QED) is 0.766. The second-order valence-electron chi connectivity index (χ2n) is 4.86. The van der Waals surface area contributed by atoms with Crippen molar-refractivity contribution in [3.8, 4) is 0 Å². The van der Waals surface area contributed by atoms with Crippen LogP contribution in [-0.2, 0) is 6.42 Å². The molecule has 0 spiro atoms. The molecule has 1 aromatic carbocycles. The van der Waals surface area contributed by atoms with Crippen LogP contribution in [0.2, 0.25) is 0 Å². The van der Waals surface area contributed by atoms with Crippen molar-refractivity contribution in [3.05, 3.63) is 52.9 Å². The molecule has 0 radical (unpaired) electrons. The third kappa shape index (κ3) is 3.19. The van der Waals surface area contributed by atoms with E-state index in [1.54, 1.807) is 17.4 Å². The van der Waals surface area contributed by atoms with Crippen LogP contribution in [0.1, 0.15) is 24.7 Å². The third-order valence-electron chi connectivity index (χ3n) is 3.17. The summed E-state index contributed by atoms with van der Waals surface area (Å²) in [4.78, 5) is 10.1. The van der Waals surface area contributed by atoms with Crippen LogP contribution in [0, 0.1) is 5.82 Å². The molecule has 2 aromatic heterocycles. The summed E-state index contributed by atoms with van der Waals surface area (Å²) in [5.41, 5.74) is 0.882. The first-order valence-corrected chi connectivity index (χ1v) is 7.86. The molecule has 0 saturated heterocycles. The molecule has 3 aromatic rings. The molecule has 0 atom stereocenters. The van der Waals surface area contributed by atoms with Crippen molar-refractivity contribution in [3.63, 3.8) is 0 Å². The summed E-state index contributed by atoms with van der Waals surface area (Å²) in [6, 6.07) is 8.61. The molecule has 3 rings (SSSR count). The van der Waals surface area contributed by atoms with E-state index in [1.807, 2.05) is 17.5 Å². The minimum atomic E-state index is -0.228. The number of benzene rings is 1. The highest BCUT2D eigenvalue weighted by Crippen LogP contribution is 2.25. The van der Waals surface area contributed by atoms with E-state index in [9.17, 15) is 4.39 Å². The first-order chi connectivity index (χ1) is 10.3. The highest BCUT2D eigenvalue weighted by Gasteiger charge is 2.09. The highest BCUT2D eigenvalue weighted by molar-refractivity contribution is 7.16. The standard InChI is InChI=1S/C16H16FN3S/c1-2-7-18-15-13-6-8-21-16(13)20-14(19-15)10-11-4-3-5-12(17)9-11/h3-6,8-9H,2,7,10H2,1H3,(H,18,19,20). The van der Waals surface area contributed by atoms with E-state index >= 15 is 0 Å². The van der Waals surface area contributed by atoms with Crippen molar-refractivity contribution in [1.82, 2.24) is 9.97 Å². The number of thiophene rings is 1. The van der Waals surface area contributed by atoms with Gasteiger partial charge >= 0.3 is 0 Å². The Morgan fingerprint density at radius 2 is 2.14 bits per heavy atom. The van der Waals surface area contributed by atoms with Gasteiger partial charge in [-0.05, 0) is 35.6 Å². The van der Waals surface area contributed by atoms with Gasteiger partial charge in [0.25, 0.3) is 0 Å². The van der Waals surface area contributed by atoms with Gasteiger partial charge in [0.15, 0.2) is 0 Å². The second-order valence-corrected chi connectivity index (χ2v) is 5.76. The van der Waals surface area contributed by atoms with Crippen LogP contribution in [0.15, 0.2) is 35.7 Å². The van der Waals surface area contributed by atoms with Crippen LogP contribution < -0.4 is 5.32 Å². The molecule has 21 heavy (non-hydrogen) atoms. The van der Waals surface area contributed by atoms with E-state index in [2.05, 4.69) is 22.2 Å². The lowest BCUT2D eigenvalue weighted by molar-refractivity contribution is 0.626. The maximum absolute atomic E-state index is 13.3. The highest BCUT2D eigenvalue weighted by atomic mass is 32.1. The van der Waals surface area contributed by atoms with Gasteiger partial charge in [-0.1, -0.05) is 19.1 Å². The van der Waals surface area contributed by atoms with Crippen LogP contribution in [0.3, 0.4) is 0 Å². The summed E-state index contributed by atoms with van der Waals surface area (Å²) in [6.07, 6.45) is 1.57. The molecule has 2 heterocycles. The van der Waals surface area contributed by atoms with Gasteiger partial charge in [-0.3, -0.25) is 0 Å². The number of hydrogen-bond donors (Lipinski definition) is 1. The van der Waals surface area contributed by atoms with E-state index in [4.69, 9.17) is 0 Å². The van der Waals surface area contributed by atoms with Crippen LogP contribution in [-0.4, -0.2) is 16.5 Å². The van der Waals surface area contributed by atoms with Gasteiger partial charge in [0.1, 0.15) is 22.3 Å². The number of halogens is 1. The molecule has 0 aliphatic carbocycles. The lowest BCUT2D eigenvalue weighted by Crippen LogP contribution is -2.06. The van der Waals surface area contributed by atoms with Crippen molar-refractivity contribution in [2.75, 3.05) is 11.9 Å². The lowest BCUT2D eigenvalue weighted by atomic mass is 10.1. The Kier molecular flexibility index (Phi) is 4.10. The second kappa shape index (κ2) is 6.18. The molecular weight excluding hydrogens is 285 g/mol. The van der Waals surface area contributed by atoms with Crippen LogP contribution in [0.4, 0.5) is 10.2 Å². The zero-order valence-corrected chi connectivity index (χ0v) is 12.6. The minimum absolute atomic E-state index is 0.228. The number of fused-ring (bicyclic) bond motifs is 1. The number of rotatable bonds is 5. The van der Waals surface area contributed by atoms with Crippen LogP contribution in [0.25, 0.3) is 10.2 Å². The van der Waals surface area contributed by atoms with E-state index in [-0.39, 0.29) is 5.82 Å². The summed E-state index contributed by atoms with van der Waals surface area (Å²) in [5.74, 6) is 1.36. The van der Waals surface area contributed by atoms with Gasteiger partial charge in [-0.15, -0.1) is 11.3 Å². The molecule has 0 bridgehead atoms. The van der Waals surface area contributed by atoms with Crippen LogP contribution >= 0.6 is 11.3 Å². The maximum atomic E-state index is 13.3. The Bertz CT molecular complexity index is 754. The predicted molar refractivity (Wildman–Crippen MR) is 85.4 cm³/mol. The molecule has 3 nitrogen and oxygen atoms in total. The minimum Gasteiger partial charge on any atom is -0.369 e. The van der Waals surface area contributed by atoms with Crippen molar-refractivity contribution in [2.24, 2.45) is 0 Å². The van der Waals surface area contributed by atoms with Gasteiger partial charge in [0.05, 0.1) is 5.39 Å². The summed E-state index contributed by atoms with van der Waals surface area (Å²) >= 11 is 1.60. The molecule has 0 fully saturated rings. The topological polar surface area (TPSA) is 37.8 Å². The molecular formula is C16H16FN3S. The normalized spacial score (nSPS) is 11.0. The molecule has 0 amide bonds. The monoisotopic (exact) mass is 301 g/mol. The molecule has 5 heteroatoms. The summed E-state index contributed by atoms with van der Waals surface area (Å²) < 4.78 is 13.3. The lowest BCUT2D eigenvalue weighted by Gasteiger charge is -2.08. The fourth-order valence-corrected chi connectivity index (χ4v) is 2.97. The van der Waals surface area contributed by atoms with Gasteiger partial charge in [-0.25, -0.2) is 14.4 Å². The Hall–Kier alpha value is -2.01. The average Bonchev–Trinajstić information content (AvgIpc) is 2.93. The van der Waals surface area contributed by atoms with Gasteiger partial charge < -0.3 is 5.32 Å². The van der Waals surface area contributed by atoms with E-state index in [1.165, 1.54) is 12.1 Å². The van der Waals surface area contributed by atoms with Crippen molar-refractivity contribution >= 4 is 27.4 Å². The number of nitrogens with zero attached hydrogens (tertiary/aromatic N) is 2. The summed E-state index contributed by atoms with van der Waals surface area (Å²) in [7, 11) is 0. The molecule has 0 unspecified atom stereocenters. The fourth-order valence-electron chi connectivity index (χ4n) is 2.19. The molecule has 0 aliphatic rings. The number of aromatic nitrogens is 2. The zero-order valence-electron chi connectivity index (χ0n) is 11.8.